The zero-order chi connectivity index (χ0) is 41.2. The second kappa shape index (κ2) is 16.8. The number of nitrogens with zero attached hydrogens (tertiary/aromatic N) is 4. The first-order valence-corrected chi connectivity index (χ1v) is 19.1. The third-order valence-corrected chi connectivity index (χ3v) is 11.0. The van der Waals surface area contributed by atoms with Gasteiger partial charge >= 0.3 is 6.18 Å². The minimum Gasteiger partial charge on any atom is -0.491 e. The fraction of sp³-hybridized carbons (Fsp3) is 0.410. The van der Waals surface area contributed by atoms with Crippen LogP contribution in [0.1, 0.15) is 57.1 Å². The van der Waals surface area contributed by atoms with E-state index in [0.29, 0.717) is 42.3 Å². The smallest absolute Gasteiger partial charge is 0.417 e. The number of alkyl halides is 3. The summed E-state index contributed by atoms with van der Waals surface area (Å²) < 4.78 is 62.3. The lowest BCUT2D eigenvalue weighted by Crippen LogP contribution is -2.47. The molecule has 0 saturated carbocycles. The predicted molar refractivity (Wildman–Crippen MR) is 209 cm³/mol. The van der Waals surface area contributed by atoms with E-state index in [1.54, 1.807) is 38.1 Å². The molecule has 0 bridgehead atoms. The van der Waals surface area contributed by atoms with Crippen molar-refractivity contribution >= 4 is 70.6 Å². The highest BCUT2D eigenvalue weighted by atomic mass is 35.5. The molecule has 6 rings (SSSR count). The highest BCUT2D eigenvalue weighted by Crippen LogP contribution is 2.43. The predicted octanol–water partition coefficient (Wildman–Crippen LogP) is 6.55. The van der Waals surface area contributed by atoms with Crippen LogP contribution in [-0.2, 0) is 25.4 Å². The van der Waals surface area contributed by atoms with Gasteiger partial charge in [-0.3, -0.25) is 34.3 Å². The summed E-state index contributed by atoms with van der Waals surface area (Å²) in [6.45, 7) is 4.87. The Morgan fingerprint density at radius 1 is 1.04 bits per heavy atom. The number of likely N-dealkylation sites (tertiary alicyclic amines) is 1. The maximum absolute atomic E-state index is 15.4. The van der Waals surface area contributed by atoms with E-state index in [4.69, 9.17) is 16.3 Å². The molecule has 0 aromatic heterocycles. The zero-order valence-electron chi connectivity index (χ0n) is 31.0. The molecule has 0 spiro atoms. The number of hydrogen-bond donors (Lipinski definition) is 4. The molecule has 12 nitrogen and oxygen atoms in total. The summed E-state index contributed by atoms with van der Waals surface area (Å²) in [5.41, 5.74) is -3.02. The fourth-order valence-electron chi connectivity index (χ4n) is 7.33. The van der Waals surface area contributed by atoms with E-state index in [1.807, 2.05) is 4.90 Å². The second-order valence-corrected chi connectivity index (χ2v) is 15.6. The Morgan fingerprint density at radius 3 is 2.40 bits per heavy atom. The normalized spacial score (nSPS) is 20.3. The number of amides is 4. The number of carbonyl (C=O) groups excluding carboxylic acids is 4. The number of hydrogen-bond acceptors (Lipinski definition) is 10. The summed E-state index contributed by atoms with van der Waals surface area (Å²) in [6.07, 6.45) is -2.01. The maximum Gasteiger partial charge on any atom is 0.417 e. The van der Waals surface area contributed by atoms with Crippen molar-refractivity contribution in [2.45, 2.75) is 69.2 Å². The molecule has 3 saturated heterocycles. The van der Waals surface area contributed by atoms with Crippen molar-refractivity contribution in [3.05, 3.63) is 76.6 Å². The Hall–Kier alpha value is -5.05. The Kier molecular flexibility index (Phi) is 12.3. The molecule has 2 atom stereocenters. The quantitative estimate of drug-likeness (QED) is 0.0960. The second-order valence-electron chi connectivity index (χ2n) is 14.7. The number of piperidine rings is 2. The van der Waals surface area contributed by atoms with Crippen molar-refractivity contribution < 1.29 is 41.5 Å². The third-order valence-electron chi connectivity index (χ3n) is 10.3. The van der Waals surface area contributed by atoms with Crippen LogP contribution in [0.4, 0.5) is 40.3 Å². The lowest BCUT2D eigenvalue weighted by Gasteiger charge is -2.33. The summed E-state index contributed by atoms with van der Waals surface area (Å²) >= 11 is 10.8. The molecular weight excluding hydrogens is 790 g/mol. The van der Waals surface area contributed by atoms with Crippen LogP contribution in [0, 0.1) is 23.1 Å². The van der Waals surface area contributed by atoms with E-state index in [9.17, 15) is 37.6 Å². The van der Waals surface area contributed by atoms with Crippen molar-refractivity contribution in [2.75, 3.05) is 46.7 Å². The number of nitriles is 1. The number of nitrogens with one attached hydrogen (secondary N) is 3. The molecule has 0 aliphatic carbocycles. The Morgan fingerprint density at radius 2 is 1.74 bits per heavy atom. The fourth-order valence-corrected chi connectivity index (χ4v) is 8.23. The molecule has 3 N–H and O–H groups in total. The number of carbonyl (C=O) groups is 4. The van der Waals surface area contributed by atoms with Crippen LogP contribution >= 0.6 is 24.2 Å². The van der Waals surface area contributed by atoms with Crippen molar-refractivity contribution in [3.63, 3.8) is 0 Å². The van der Waals surface area contributed by atoms with Crippen molar-refractivity contribution in [1.29, 1.82) is 5.26 Å². The molecule has 2 unspecified atom stereocenters. The summed E-state index contributed by atoms with van der Waals surface area (Å²) in [5.74, 6) is -1.93. The molecule has 3 aliphatic heterocycles. The average molecular weight is 830 g/mol. The van der Waals surface area contributed by atoms with Gasteiger partial charge in [0, 0.05) is 40.3 Å². The van der Waals surface area contributed by atoms with Crippen LogP contribution in [0.25, 0.3) is 0 Å². The molecular formula is C39H40ClF4N7O5S. The monoisotopic (exact) mass is 829 g/mol. The number of ether oxygens (including phenoxy) is 1. The molecule has 18 heteroatoms. The first-order valence-electron chi connectivity index (χ1n) is 18.2. The van der Waals surface area contributed by atoms with Gasteiger partial charge in [0.15, 0.2) is 17.1 Å². The van der Waals surface area contributed by atoms with Crippen molar-refractivity contribution in [3.8, 4) is 11.8 Å². The largest absolute Gasteiger partial charge is 0.491 e. The van der Waals surface area contributed by atoms with Crippen LogP contribution in [0.5, 0.6) is 5.75 Å². The summed E-state index contributed by atoms with van der Waals surface area (Å²) in [4.78, 5) is 54.7. The molecule has 3 aromatic rings. The summed E-state index contributed by atoms with van der Waals surface area (Å²) in [5, 5.41) is 17.8. The van der Waals surface area contributed by atoms with Gasteiger partial charge in [-0.1, -0.05) is 11.6 Å². The van der Waals surface area contributed by atoms with Gasteiger partial charge in [-0.05, 0) is 107 Å². The van der Waals surface area contributed by atoms with Gasteiger partial charge in [-0.2, -0.15) is 18.4 Å². The summed E-state index contributed by atoms with van der Waals surface area (Å²) in [6, 6.07) is 13.0. The average Bonchev–Trinajstić information content (AvgIpc) is 3.31. The van der Waals surface area contributed by atoms with Crippen LogP contribution in [-0.4, -0.2) is 71.8 Å². The zero-order valence-corrected chi connectivity index (χ0v) is 32.6. The van der Waals surface area contributed by atoms with Gasteiger partial charge in [-0.15, -0.1) is 12.6 Å². The first kappa shape index (κ1) is 41.6. The first-order chi connectivity index (χ1) is 26.9. The van der Waals surface area contributed by atoms with E-state index in [-0.39, 0.29) is 54.4 Å². The van der Waals surface area contributed by atoms with Gasteiger partial charge in [0.05, 0.1) is 30.3 Å². The molecule has 302 valence electrons. The van der Waals surface area contributed by atoms with Crippen LogP contribution in [0.2, 0.25) is 5.02 Å². The molecule has 4 amide bonds. The highest BCUT2D eigenvalue weighted by molar-refractivity contribution is 7.81. The lowest BCUT2D eigenvalue weighted by atomic mass is 9.94. The van der Waals surface area contributed by atoms with E-state index < -0.39 is 52.0 Å². The highest BCUT2D eigenvalue weighted by Gasteiger charge is 2.52. The van der Waals surface area contributed by atoms with Crippen LogP contribution in [0.3, 0.4) is 0 Å². The Bertz CT molecular complexity index is 2110. The maximum atomic E-state index is 15.4. The molecule has 57 heavy (non-hydrogen) atoms. The standard InChI is InChI=1S/C39H40ClF4N7O5S/c1-38(2)36(55)50(27-4-3-23(20-45)29(18-27)39(42,43)44)37(57)51(38)28-5-7-32(30(41)19-28)56-14-11-22-9-12-49(13-10-22)21-34(53)47-26-16-24(40)15-25(17-26)46-31-6-8-33(52)48-35(31)54/h3-5,7,15-19,22,31,37,46,57H,6,8-14,21H2,1-2H3,(H,47,53)(H,48,52,54). The minimum absolute atomic E-state index is 0.00199. The van der Waals surface area contributed by atoms with E-state index >= 15 is 4.39 Å². The summed E-state index contributed by atoms with van der Waals surface area (Å²) in [7, 11) is 0. The molecule has 0 radical (unpaired) electrons. The number of benzene rings is 3. The van der Waals surface area contributed by atoms with Crippen LogP contribution < -0.4 is 30.5 Å². The molecule has 3 aliphatic rings. The van der Waals surface area contributed by atoms with Crippen LogP contribution in [0.15, 0.2) is 54.6 Å². The topological polar surface area (TPSA) is 147 Å². The third kappa shape index (κ3) is 9.40. The molecule has 3 fully saturated rings. The van der Waals surface area contributed by atoms with Gasteiger partial charge in [0.1, 0.15) is 11.6 Å². The molecule has 3 heterocycles. The number of thiol groups is 1. The van der Waals surface area contributed by atoms with E-state index in [0.717, 1.165) is 29.9 Å². The number of anilines is 4. The Balaban J connectivity index is 0.981. The van der Waals surface area contributed by atoms with Gasteiger partial charge in [0.25, 0.3) is 5.91 Å². The number of rotatable bonds is 11. The van der Waals surface area contributed by atoms with Gasteiger partial charge in [0.2, 0.25) is 17.7 Å². The SMILES string of the molecule is CC1(C)C(=O)N(c2ccc(C#N)c(C(F)(F)F)c2)C(S)N1c1ccc(OCCC2CCN(CC(=O)Nc3cc(Cl)cc(NC4CCC(=O)NC4=O)c3)CC2)c(F)c1. The van der Waals surface area contributed by atoms with Crippen molar-refractivity contribution in [1.82, 2.24) is 10.2 Å². The van der Waals surface area contributed by atoms with E-state index in [1.165, 1.54) is 29.2 Å². The molecule has 3 aromatic carbocycles. The Labute approximate surface area is 336 Å². The lowest BCUT2D eigenvalue weighted by molar-refractivity contribution is -0.138. The van der Waals surface area contributed by atoms with E-state index in [2.05, 4.69) is 28.6 Å². The number of imide groups is 1. The van der Waals surface area contributed by atoms with Gasteiger partial charge in [-0.25, -0.2) is 4.39 Å². The van der Waals surface area contributed by atoms with Gasteiger partial charge < -0.3 is 20.3 Å². The van der Waals surface area contributed by atoms with Crippen molar-refractivity contribution in [2.24, 2.45) is 5.92 Å². The number of halogens is 5. The minimum atomic E-state index is -4.83.